The molecule has 26 heavy (non-hydrogen) atoms. The van der Waals surface area contributed by atoms with Crippen LogP contribution in [0.1, 0.15) is 35.4 Å². The summed E-state index contributed by atoms with van der Waals surface area (Å²) >= 11 is 0. The van der Waals surface area contributed by atoms with Gasteiger partial charge in [0, 0.05) is 32.3 Å². The van der Waals surface area contributed by atoms with Crippen LogP contribution in [0.5, 0.6) is 0 Å². The number of carbonyl (C=O) groups excluding carboxylic acids is 1. The topological polar surface area (TPSA) is 54.7 Å². The van der Waals surface area contributed by atoms with Crippen molar-refractivity contribution in [2.75, 3.05) is 19.7 Å². The zero-order chi connectivity index (χ0) is 18.0. The summed E-state index contributed by atoms with van der Waals surface area (Å²) in [4.78, 5) is 14.6. The predicted octanol–water partition coefficient (Wildman–Crippen LogP) is 2.97. The second-order valence-corrected chi connectivity index (χ2v) is 7.26. The van der Waals surface area contributed by atoms with Crippen LogP contribution in [0.3, 0.4) is 0 Å². The van der Waals surface area contributed by atoms with E-state index in [0.717, 1.165) is 44.5 Å². The minimum Gasteiger partial charge on any atom is -0.459 e. The summed E-state index contributed by atoms with van der Waals surface area (Å²) in [6, 6.07) is 10.1. The van der Waals surface area contributed by atoms with Crippen LogP contribution >= 0.6 is 0 Å². The smallest absolute Gasteiger partial charge is 0.287 e. The second-order valence-electron chi connectivity index (χ2n) is 7.26. The maximum atomic E-state index is 13.1. The van der Waals surface area contributed by atoms with E-state index in [1.54, 1.807) is 12.1 Å². The molecule has 4 rings (SSSR count). The maximum absolute atomic E-state index is 13.1. The van der Waals surface area contributed by atoms with Crippen molar-refractivity contribution in [2.45, 2.75) is 37.5 Å². The van der Waals surface area contributed by atoms with Gasteiger partial charge in [0.05, 0.1) is 11.9 Å². The monoisotopic (exact) mass is 358 g/mol. The van der Waals surface area contributed by atoms with Gasteiger partial charge in [-0.25, -0.2) is 4.39 Å². The standard InChI is InChI=1S/C20H23FN2O3/c21-16-5-3-15(4-6-16)13-23-9-8-20(14-23)12-17(7-11-26-20)22-19(24)18-2-1-10-25-18/h1-6,10,17H,7-9,11-14H2,(H,22,24)/t17-,20-/m0/s1. The van der Waals surface area contributed by atoms with Crippen LogP contribution in [-0.4, -0.2) is 42.1 Å². The highest BCUT2D eigenvalue weighted by molar-refractivity contribution is 5.91. The van der Waals surface area contributed by atoms with Crippen LogP contribution in [0, 0.1) is 5.82 Å². The van der Waals surface area contributed by atoms with E-state index in [4.69, 9.17) is 9.15 Å². The summed E-state index contributed by atoms with van der Waals surface area (Å²) in [5.41, 5.74) is 0.890. The third kappa shape index (κ3) is 3.81. The van der Waals surface area contributed by atoms with Gasteiger partial charge in [-0.3, -0.25) is 9.69 Å². The number of ether oxygens (including phenoxy) is 1. The van der Waals surface area contributed by atoms with Crippen molar-refractivity contribution in [3.63, 3.8) is 0 Å². The van der Waals surface area contributed by atoms with E-state index >= 15 is 0 Å². The number of rotatable bonds is 4. The molecule has 0 bridgehead atoms. The Bertz CT molecular complexity index is 747. The fourth-order valence-corrected chi connectivity index (χ4v) is 4.01. The van der Waals surface area contributed by atoms with Gasteiger partial charge in [0.25, 0.3) is 5.91 Å². The molecule has 3 heterocycles. The third-order valence-corrected chi connectivity index (χ3v) is 5.29. The molecule has 2 saturated heterocycles. The molecule has 1 spiro atoms. The Balaban J connectivity index is 1.35. The number of nitrogens with zero attached hydrogens (tertiary/aromatic N) is 1. The van der Waals surface area contributed by atoms with Crippen molar-refractivity contribution >= 4 is 5.91 Å². The number of carbonyl (C=O) groups is 1. The van der Waals surface area contributed by atoms with Gasteiger partial charge in [0.15, 0.2) is 5.76 Å². The van der Waals surface area contributed by atoms with Crippen molar-refractivity contribution in [1.29, 1.82) is 0 Å². The fraction of sp³-hybridized carbons (Fsp3) is 0.450. The van der Waals surface area contributed by atoms with E-state index in [2.05, 4.69) is 10.2 Å². The Morgan fingerprint density at radius 1 is 1.31 bits per heavy atom. The molecule has 2 fully saturated rings. The SMILES string of the molecule is O=C(N[C@H]1CCO[C@@]2(CCN(Cc3ccc(F)cc3)C2)C1)c1ccco1. The summed E-state index contributed by atoms with van der Waals surface area (Å²) in [7, 11) is 0. The van der Waals surface area contributed by atoms with Crippen molar-refractivity contribution < 1.29 is 18.3 Å². The van der Waals surface area contributed by atoms with Gasteiger partial charge < -0.3 is 14.5 Å². The highest BCUT2D eigenvalue weighted by atomic mass is 19.1. The lowest BCUT2D eigenvalue weighted by molar-refractivity contribution is -0.0793. The average Bonchev–Trinajstić information content (AvgIpc) is 3.28. The van der Waals surface area contributed by atoms with Crippen molar-refractivity contribution in [1.82, 2.24) is 10.2 Å². The molecular weight excluding hydrogens is 335 g/mol. The summed E-state index contributed by atoms with van der Waals surface area (Å²) in [5, 5.41) is 3.07. The highest BCUT2D eigenvalue weighted by Crippen LogP contribution is 2.35. The van der Waals surface area contributed by atoms with Crippen molar-refractivity contribution in [3.8, 4) is 0 Å². The first kappa shape index (κ1) is 17.2. The Labute approximate surface area is 152 Å². The lowest BCUT2D eigenvalue weighted by atomic mass is 9.89. The van der Waals surface area contributed by atoms with Gasteiger partial charge >= 0.3 is 0 Å². The minimum absolute atomic E-state index is 0.0899. The van der Waals surface area contributed by atoms with E-state index < -0.39 is 0 Å². The first-order valence-corrected chi connectivity index (χ1v) is 9.07. The summed E-state index contributed by atoms with van der Waals surface area (Å²) in [6.07, 6.45) is 4.07. The van der Waals surface area contributed by atoms with E-state index in [0.29, 0.717) is 12.4 Å². The molecule has 1 aromatic carbocycles. The zero-order valence-corrected chi connectivity index (χ0v) is 14.6. The molecule has 0 saturated carbocycles. The van der Waals surface area contributed by atoms with Gasteiger partial charge in [0.2, 0.25) is 0 Å². The Hall–Kier alpha value is -2.18. The summed E-state index contributed by atoms with van der Waals surface area (Å²) in [5.74, 6) is -0.0366. The molecule has 2 atom stereocenters. The summed E-state index contributed by atoms with van der Waals surface area (Å²) < 4.78 is 24.4. The maximum Gasteiger partial charge on any atom is 0.287 e. The predicted molar refractivity (Wildman–Crippen MR) is 94.2 cm³/mol. The van der Waals surface area contributed by atoms with Crippen LogP contribution in [0.4, 0.5) is 4.39 Å². The van der Waals surface area contributed by atoms with Crippen LogP contribution in [-0.2, 0) is 11.3 Å². The first-order chi connectivity index (χ1) is 12.6. The second kappa shape index (κ2) is 7.21. The summed E-state index contributed by atoms with van der Waals surface area (Å²) in [6.45, 7) is 3.20. The highest BCUT2D eigenvalue weighted by Gasteiger charge is 2.43. The van der Waals surface area contributed by atoms with E-state index in [1.807, 2.05) is 12.1 Å². The molecule has 138 valence electrons. The molecule has 2 aliphatic rings. The number of nitrogens with one attached hydrogen (secondary N) is 1. The Morgan fingerprint density at radius 3 is 2.92 bits per heavy atom. The molecular formula is C20H23FN2O3. The van der Waals surface area contributed by atoms with E-state index in [1.165, 1.54) is 18.4 Å². The number of hydrogen-bond donors (Lipinski definition) is 1. The van der Waals surface area contributed by atoms with Crippen LogP contribution in [0.25, 0.3) is 0 Å². The molecule has 1 aromatic heterocycles. The Kier molecular flexibility index (Phi) is 4.78. The molecule has 1 N–H and O–H groups in total. The van der Waals surface area contributed by atoms with Crippen molar-refractivity contribution in [2.24, 2.45) is 0 Å². The number of hydrogen-bond acceptors (Lipinski definition) is 4. The molecule has 2 aromatic rings. The fourth-order valence-electron chi connectivity index (χ4n) is 4.01. The van der Waals surface area contributed by atoms with Crippen LogP contribution < -0.4 is 5.32 Å². The van der Waals surface area contributed by atoms with E-state index in [-0.39, 0.29) is 23.4 Å². The average molecular weight is 358 g/mol. The quantitative estimate of drug-likeness (QED) is 0.913. The third-order valence-electron chi connectivity index (χ3n) is 5.29. The zero-order valence-electron chi connectivity index (χ0n) is 14.6. The van der Waals surface area contributed by atoms with Crippen LogP contribution in [0.2, 0.25) is 0 Å². The normalized spacial score (nSPS) is 26.3. The number of halogens is 1. The Morgan fingerprint density at radius 2 is 2.15 bits per heavy atom. The lowest BCUT2D eigenvalue weighted by Gasteiger charge is -2.38. The number of benzene rings is 1. The van der Waals surface area contributed by atoms with Gasteiger partial charge in [-0.1, -0.05) is 12.1 Å². The van der Waals surface area contributed by atoms with Gasteiger partial charge in [-0.05, 0) is 49.1 Å². The van der Waals surface area contributed by atoms with Gasteiger partial charge in [-0.15, -0.1) is 0 Å². The van der Waals surface area contributed by atoms with Gasteiger partial charge in [0.1, 0.15) is 5.82 Å². The largest absolute Gasteiger partial charge is 0.459 e. The molecule has 0 radical (unpaired) electrons. The molecule has 6 heteroatoms. The molecule has 0 aliphatic carbocycles. The number of furan rings is 1. The molecule has 5 nitrogen and oxygen atoms in total. The van der Waals surface area contributed by atoms with Gasteiger partial charge in [-0.2, -0.15) is 0 Å². The first-order valence-electron chi connectivity index (χ1n) is 9.07. The molecule has 1 amide bonds. The van der Waals surface area contributed by atoms with Crippen molar-refractivity contribution in [3.05, 3.63) is 59.8 Å². The molecule has 0 unspecified atom stereocenters. The van der Waals surface area contributed by atoms with E-state index in [9.17, 15) is 9.18 Å². The lowest BCUT2D eigenvalue weighted by Crippen LogP contribution is -2.49. The molecule has 2 aliphatic heterocycles. The number of amides is 1. The van der Waals surface area contributed by atoms with Crippen LogP contribution in [0.15, 0.2) is 47.1 Å². The minimum atomic E-state index is -0.211. The number of likely N-dealkylation sites (tertiary alicyclic amines) is 1.